The predicted octanol–water partition coefficient (Wildman–Crippen LogP) is 0.330. The summed E-state index contributed by atoms with van der Waals surface area (Å²) in [5.74, 6) is 0.807. The van der Waals surface area contributed by atoms with E-state index in [0.717, 1.165) is 9.32 Å². The fourth-order valence-electron chi connectivity index (χ4n) is 0.622. The first-order valence-electron chi connectivity index (χ1n) is 3.58. The number of rotatable bonds is 2. The molecule has 0 saturated carbocycles. The van der Waals surface area contributed by atoms with Gasteiger partial charge in [0.1, 0.15) is 5.75 Å². The lowest BCUT2D eigenvalue weighted by Crippen LogP contribution is -2.21. The molecule has 8 heteroatoms. The highest BCUT2D eigenvalue weighted by molar-refractivity contribution is 14.1. The second-order valence-corrected chi connectivity index (χ2v) is 5.19. The lowest BCUT2D eigenvalue weighted by Gasteiger charge is -1.96. The molecule has 0 bridgehead atoms. The van der Waals surface area contributed by atoms with Gasteiger partial charge in [-0.05, 0) is 24.3 Å². The van der Waals surface area contributed by atoms with Gasteiger partial charge in [0.05, 0.1) is 7.11 Å². The van der Waals surface area contributed by atoms with Gasteiger partial charge in [-0.25, -0.2) is 10.3 Å². The van der Waals surface area contributed by atoms with Gasteiger partial charge in [0, 0.05) is 3.57 Å². The molecule has 1 aromatic rings. The van der Waals surface area contributed by atoms with E-state index in [1.807, 2.05) is 24.3 Å². The third kappa shape index (κ3) is 9.72. The smallest absolute Gasteiger partial charge is 0.271 e. The summed E-state index contributed by atoms with van der Waals surface area (Å²) in [5.41, 5.74) is 0. The van der Waals surface area contributed by atoms with Crippen LogP contribution in [0.3, 0.4) is 0 Å². The average Bonchev–Trinajstić information content (AvgIpc) is 2.15. The topological polar surface area (TPSA) is 112 Å². The Morgan fingerprint density at radius 2 is 1.60 bits per heavy atom. The molecule has 0 aliphatic heterocycles. The molecular formula is C7H11IN2O4S. The molecule has 0 saturated heterocycles. The van der Waals surface area contributed by atoms with Crippen molar-refractivity contribution in [2.45, 2.75) is 0 Å². The first-order chi connectivity index (χ1) is 6.86. The molecular weight excluding hydrogens is 335 g/mol. The largest absolute Gasteiger partial charge is 0.497 e. The van der Waals surface area contributed by atoms with Crippen molar-refractivity contribution in [3.05, 3.63) is 27.8 Å². The van der Waals surface area contributed by atoms with Gasteiger partial charge in [0.15, 0.2) is 21.2 Å². The first kappa shape index (κ1) is 14.4. The van der Waals surface area contributed by atoms with Crippen LogP contribution in [0, 0.1) is 3.57 Å². The van der Waals surface area contributed by atoms with Crippen molar-refractivity contribution in [1.29, 1.82) is 0 Å². The van der Waals surface area contributed by atoms with Crippen molar-refractivity contribution in [3.63, 3.8) is 0 Å². The lowest BCUT2D eigenvalue weighted by atomic mass is 10.3. The molecule has 1 rings (SSSR count). The quantitative estimate of drug-likeness (QED) is 0.752. The number of nitrogens with two attached hydrogens (primary N) is 2. The van der Waals surface area contributed by atoms with Crippen LogP contribution in [0.1, 0.15) is 0 Å². The van der Waals surface area contributed by atoms with Gasteiger partial charge in [-0.15, -0.1) is 0 Å². The second kappa shape index (κ2) is 6.82. The number of halogens is 1. The maximum atomic E-state index is 10.4. The van der Waals surface area contributed by atoms with Crippen molar-refractivity contribution in [3.8, 4) is 5.75 Å². The van der Waals surface area contributed by atoms with Gasteiger partial charge in [-0.2, -0.15) is 8.42 Å². The summed E-state index contributed by atoms with van der Waals surface area (Å²) in [4.78, 5) is 0. The molecule has 0 unspecified atom stereocenters. The van der Waals surface area contributed by atoms with Crippen LogP contribution < -0.4 is 15.0 Å². The Morgan fingerprint density at radius 3 is 1.87 bits per heavy atom. The maximum Gasteiger partial charge on any atom is 0.271 e. The van der Waals surface area contributed by atoms with E-state index in [-0.39, 0.29) is 0 Å². The molecule has 0 heterocycles. The standard InChI is InChI=1S/C7H7IO2.H4N2O2S/c1-10-7-4-2-6(8-9)3-5-7;1-5(2,3)4/h2-5H,1H3;(H4,1,2,3,4). The normalized spacial score (nSPS) is 10.1. The van der Waals surface area contributed by atoms with Gasteiger partial charge in [-0.3, -0.25) is 3.07 Å². The van der Waals surface area contributed by atoms with Crippen molar-refractivity contribution in [2.75, 3.05) is 7.11 Å². The highest BCUT2D eigenvalue weighted by Gasteiger charge is 1.90. The number of ether oxygens (including phenoxy) is 1. The Kier molecular flexibility index (Phi) is 6.56. The minimum absolute atomic E-state index is 0.807. The van der Waals surface area contributed by atoms with Crippen molar-refractivity contribution in [2.24, 2.45) is 10.3 Å². The van der Waals surface area contributed by atoms with E-state index in [1.165, 1.54) is 0 Å². The lowest BCUT2D eigenvalue weighted by molar-refractivity contribution is 0.414. The van der Waals surface area contributed by atoms with Crippen LogP contribution in [0.25, 0.3) is 0 Å². The SMILES string of the molecule is COc1ccc(I=O)cc1.NS(N)(=O)=O. The summed E-state index contributed by atoms with van der Waals surface area (Å²) in [6, 6.07) is 7.26. The molecule has 0 aliphatic rings. The molecule has 0 fully saturated rings. The van der Waals surface area contributed by atoms with Crippen LogP contribution in [0.15, 0.2) is 24.3 Å². The molecule has 1 aromatic carbocycles. The van der Waals surface area contributed by atoms with Crippen molar-refractivity contribution >= 4 is 31.4 Å². The van der Waals surface area contributed by atoms with E-state index < -0.39 is 31.4 Å². The summed E-state index contributed by atoms with van der Waals surface area (Å²) < 4.78 is 34.6. The summed E-state index contributed by atoms with van der Waals surface area (Å²) >= 11 is -1.01. The minimum atomic E-state index is -3.67. The molecule has 0 aromatic heterocycles. The van der Waals surface area contributed by atoms with E-state index in [1.54, 1.807) is 7.11 Å². The predicted molar refractivity (Wildman–Crippen MR) is 63.7 cm³/mol. The van der Waals surface area contributed by atoms with Gasteiger partial charge >= 0.3 is 0 Å². The fraction of sp³-hybridized carbons (Fsp3) is 0.143. The summed E-state index contributed by atoms with van der Waals surface area (Å²) in [5, 5.41) is 8.21. The third-order valence-corrected chi connectivity index (χ3v) is 2.37. The molecule has 86 valence electrons. The zero-order valence-corrected chi connectivity index (χ0v) is 10.9. The number of hydrogen-bond donors (Lipinski definition) is 2. The van der Waals surface area contributed by atoms with Crippen molar-refractivity contribution in [1.82, 2.24) is 0 Å². The fourth-order valence-corrected chi connectivity index (χ4v) is 1.28. The Hall–Kier alpha value is -0.580. The van der Waals surface area contributed by atoms with E-state index in [0.29, 0.717) is 0 Å². The van der Waals surface area contributed by atoms with Gasteiger partial charge < -0.3 is 4.74 Å². The third-order valence-electron chi connectivity index (χ3n) is 1.14. The first-order valence-corrected chi connectivity index (χ1v) is 7.15. The zero-order valence-electron chi connectivity index (χ0n) is 7.88. The van der Waals surface area contributed by atoms with E-state index >= 15 is 0 Å². The molecule has 0 amide bonds. The van der Waals surface area contributed by atoms with Crippen LogP contribution in [0.5, 0.6) is 5.75 Å². The Labute approximate surface area is 98.4 Å². The summed E-state index contributed by atoms with van der Waals surface area (Å²) in [7, 11) is -2.05. The Morgan fingerprint density at radius 1 is 1.20 bits per heavy atom. The highest BCUT2D eigenvalue weighted by Crippen LogP contribution is 2.14. The highest BCUT2D eigenvalue weighted by atomic mass is 127. The maximum absolute atomic E-state index is 10.4. The van der Waals surface area contributed by atoms with Gasteiger partial charge in [0.2, 0.25) is 0 Å². The van der Waals surface area contributed by atoms with Crippen LogP contribution in [-0.4, -0.2) is 15.5 Å². The van der Waals surface area contributed by atoms with Crippen LogP contribution >= 0.6 is 21.2 Å². The monoisotopic (exact) mass is 346 g/mol. The number of methoxy groups -OCH3 is 1. The molecule has 4 N–H and O–H groups in total. The van der Waals surface area contributed by atoms with Crippen LogP contribution in [0.2, 0.25) is 0 Å². The van der Waals surface area contributed by atoms with E-state index in [9.17, 15) is 11.5 Å². The molecule has 0 spiro atoms. The molecule has 0 aliphatic carbocycles. The second-order valence-electron chi connectivity index (χ2n) is 2.32. The Balaban J connectivity index is 0.000000336. The van der Waals surface area contributed by atoms with E-state index in [4.69, 9.17) is 4.74 Å². The molecule has 0 atom stereocenters. The molecule has 6 nitrogen and oxygen atoms in total. The number of hydrogen-bond acceptors (Lipinski definition) is 4. The van der Waals surface area contributed by atoms with Gasteiger partial charge in [0.25, 0.3) is 10.2 Å². The average molecular weight is 346 g/mol. The van der Waals surface area contributed by atoms with E-state index in [2.05, 4.69) is 10.3 Å². The zero-order chi connectivity index (χ0) is 11.9. The molecule has 15 heavy (non-hydrogen) atoms. The van der Waals surface area contributed by atoms with Crippen molar-refractivity contribution < 1.29 is 16.2 Å². The summed E-state index contributed by atoms with van der Waals surface area (Å²) in [6.45, 7) is 0. The van der Waals surface area contributed by atoms with Crippen LogP contribution in [-0.2, 0) is 13.3 Å². The summed E-state index contributed by atoms with van der Waals surface area (Å²) in [6.07, 6.45) is 0. The van der Waals surface area contributed by atoms with Gasteiger partial charge in [-0.1, -0.05) is 0 Å². The number of benzene rings is 1. The Bertz CT molecular complexity index is 396. The van der Waals surface area contributed by atoms with Crippen LogP contribution in [0.4, 0.5) is 0 Å². The molecule has 0 radical (unpaired) electrons. The minimum Gasteiger partial charge on any atom is -0.497 e.